The highest BCUT2D eigenvalue weighted by molar-refractivity contribution is 7.80. The Labute approximate surface area is 620 Å². The number of thiol groups is 1. The second kappa shape index (κ2) is 58.5. The molecule has 112 heavy (non-hydrogen) atoms. The minimum absolute atomic E-state index is 0.0177. The molecule has 71 heteroatoms. The molecule has 2 aliphatic heterocycles. The summed E-state index contributed by atoms with van der Waals surface area (Å²) in [6, 6.07) is 5.96. The number of fused-ring (bicyclic) bond motifs is 1. The van der Waals surface area contributed by atoms with Crippen LogP contribution in [0.4, 0.5) is 5.82 Å². The van der Waals surface area contributed by atoms with Crippen LogP contribution in [-0.2, 0) is 207 Å². The topological polar surface area (TPSA) is 967 Å². The zero-order valence-corrected chi connectivity index (χ0v) is 58.0. The number of guanidine groups is 1. The number of carbonyl (C=O) groups is 6. The van der Waals surface area contributed by atoms with Gasteiger partial charge in [0.2, 0.25) is 17.6 Å². The number of phosphoric ester groups is 1. The first-order chi connectivity index (χ1) is 53.2. The molecule has 644 valence electrons. The number of anilines is 1. The highest BCUT2D eigenvalue weighted by Gasteiger charge is 2.55. The van der Waals surface area contributed by atoms with Gasteiger partial charge in [-0.25, -0.2) is 24.8 Å². The third-order valence-electron chi connectivity index (χ3n) is 11.7. The van der Waals surface area contributed by atoms with Gasteiger partial charge in [-0.05, 0) is 143 Å². The highest BCUT2D eigenvalue weighted by atomic mass is 32.1. The predicted molar refractivity (Wildman–Crippen MR) is 293 cm³/mol. The van der Waals surface area contributed by atoms with Crippen molar-refractivity contribution in [3.05, 3.63) is 48.5 Å². The first-order valence-corrected chi connectivity index (χ1v) is 31.9. The number of nitrogen functional groups attached to an aromatic ring is 1. The summed E-state index contributed by atoms with van der Waals surface area (Å²) in [7, 11) is -9.83. The van der Waals surface area contributed by atoms with E-state index in [1.54, 1.807) is 24.3 Å². The van der Waals surface area contributed by atoms with E-state index in [2.05, 4.69) is 204 Å². The quantitative estimate of drug-likeness (QED) is 0.00475. The van der Waals surface area contributed by atoms with Crippen LogP contribution in [-0.4, -0.2) is 203 Å². The van der Waals surface area contributed by atoms with Crippen LogP contribution in [0.2, 0.25) is 0 Å². The normalized spacial score (nSPS) is 20.1. The number of carboxylic acids is 4. The molecule has 0 aliphatic carbocycles. The molecule has 2 saturated heterocycles. The van der Waals surface area contributed by atoms with Crippen molar-refractivity contribution in [2.75, 3.05) is 51.5 Å². The van der Waals surface area contributed by atoms with E-state index in [0.29, 0.717) is 36.1 Å². The average molecular weight is 1710 g/mol. The Bertz CT molecular complexity index is 3240. The first-order valence-electron chi connectivity index (χ1n) is 28.3. The summed E-state index contributed by atoms with van der Waals surface area (Å²) in [6.45, 7) is -3.45. The number of benzene rings is 1. The molecule has 3 aromatic rings. The summed E-state index contributed by atoms with van der Waals surface area (Å²) in [4.78, 5) is 101. The zero-order chi connectivity index (χ0) is 84.1. The van der Waals surface area contributed by atoms with Crippen LogP contribution in [0.5, 0.6) is 0 Å². The second-order valence-electron chi connectivity index (χ2n) is 19.0. The number of methoxy groups -OCH3 is 1. The average Bonchev–Trinajstić information content (AvgIpc) is 1.63. The fraction of sp³-hybridized carbons (Fsp3) is 0.561. The summed E-state index contributed by atoms with van der Waals surface area (Å²) in [5, 5.41) is 213. The Kier molecular flexibility index (Phi) is 53.6. The number of amides is 2. The molecular weight excluding hydrogens is 1650 g/mol. The van der Waals surface area contributed by atoms with Crippen molar-refractivity contribution in [2.45, 2.75) is 98.6 Å². The number of ether oxygens (including phenoxy) is 3. The number of hydrogen-bond donors (Lipinski definition) is 15. The van der Waals surface area contributed by atoms with E-state index in [0.717, 1.165) is 0 Å². The van der Waals surface area contributed by atoms with E-state index >= 15 is 0 Å². The number of rotatable bonds is 54. The minimum Gasteiger partial charge on any atom is -0.790 e. The molecule has 5 rings (SSSR count). The summed E-state index contributed by atoms with van der Waals surface area (Å²) in [6.07, 6.45) is -8.08. The molecule has 2 fully saturated rings. The number of carboxylic acid groups (broad SMARTS) is 4. The maximum absolute atomic E-state index is 12.6. The summed E-state index contributed by atoms with van der Waals surface area (Å²) < 4.78 is 55.8. The lowest BCUT2D eigenvalue weighted by molar-refractivity contribution is -0.918. The van der Waals surface area contributed by atoms with Crippen LogP contribution >= 0.6 is 28.3 Å². The SMILES string of the molecule is CO[C@@H](C(=O)[O-])c1ccccc1.NC(N)=NCCCC([NH3+])C(=O)[O-].Nc1ncnc2c1ncn2[C@@H]1O[C@H](CO)[C@H](O)C1O.O=P([O-])([O-])OC[C@@]1(O)O[C@@H](COP(=O)(OOOOOOOOOOOOOOO)OOOOOOOOOOOOOOO[O-])[C@@H](O)[C@H]1O.[NH3+][C@@H](CCC(=O)NC(CS)C(=O)NCC(=O)[O-])C(=O)[O-]. The summed E-state index contributed by atoms with van der Waals surface area (Å²) in [5.74, 6) is -9.33. The van der Waals surface area contributed by atoms with Gasteiger partial charge in [-0.2, -0.15) is 12.6 Å². The molecule has 21 N–H and O–H groups in total. The van der Waals surface area contributed by atoms with Crippen LogP contribution in [0.25, 0.3) is 11.2 Å². The van der Waals surface area contributed by atoms with Crippen molar-refractivity contribution in [3.63, 3.8) is 0 Å². The number of aliphatic hydroxyl groups excluding tert-OH is 5. The number of nitrogens with one attached hydrogen (secondary N) is 2. The molecule has 0 radical (unpaired) electrons. The molecule has 4 unspecified atom stereocenters. The molecule has 4 heterocycles. The monoisotopic (exact) mass is 1710 g/mol. The fourth-order valence-electron chi connectivity index (χ4n) is 6.87. The lowest BCUT2D eigenvalue weighted by atomic mass is 10.1. The van der Waals surface area contributed by atoms with Crippen molar-refractivity contribution in [1.29, 1.82) is 0 Å². The number of quaternary nitrogens is 2. The molecular formula is C41H63N12O56P2S-5. The summed E-state index contributed by atoms with van der Waals surface area (Å²) >= 11 is 3.86. The second-order valence-corrected chi connectivity index (χ2v) is 21.9. The van der Waals surface area contributed by atoms with Crippen molar-refractivity contribution in [3.8, 4) is 0 Å². The van der Waals surface area contributed by atoms with Gasteiger partial charge in [0, 0.05) is 38.7 Å². The minimum atomic E-state index is -5.71. The van der Waals surface area contributed by atoms with Gasteiger partial charge in [0.15, 0.2) is 23.7 Å². The lowest BCUT2D eigenvalue weighted by Crippen LogP contribution is -2.68. The van der Waals surface area contributed by atoms with Gasteiger partial charge in [0.1, 0.15) is 79.3 Å². The molecule has 2 amide bonds. The van der Waals surface area contributed by atoms with Crippen LogP contribution in [0.15, 0.2) is 48.0 Å². The van der Waals surface area contributed by atoms with E-state index in [1.165, 1.54) is 24.3 Å². The van der Waals surface area contributed by atoms with Crippen LogP contribution < -0.4 is 74.8 Å². The van der Waals surface area contributed by atoms with Gasteiger partial charge in [0.25, 0.3) is 0 Å². The maximum atomic E-state index is 12.6. The van der Waals surface area contributed by atoms with Gasteiger partial charge >= 0.3 is 7.82 Å². The van der Waals surface area contributed by atoms with E-state index in [1.807, 2.05) is 11.4 Å². The first kappa shape index (κ1) is 103. The van der Waals surface area contributed by atoms with Crippen LogP contribution in [0, 0.1) is 0 Å². The molecule has 68 nitrogen and oxygen atoms in total. The van der Waals surface area contributed by atoms with Gasteiger partial charge < -0.3 is 148 Å². The molecule has 1 aromatic carbocycles. The standard InChI is InChI=1S/C10H13N5O4.C10H17N3O6S.C9H10O3.C6H14N4O2.C6H14O41P2/c11-8-5-9(13-2-12-8)15(3-14-5)10-7(18)6(17)4(1-16)19-10;11-5(10(18)19)1-2-7(14)13-6(4-20)9(17)12-3-8(15)16;1-12-8(9(10)11)7-5-3-2-4-6-7;7-4(5(11)12)2-1-3-10-6(8)9;7-4-3(18-6(9,5(4)8)2-17-48(12,13)14)1-16-49(15,46-44-42-40-38-36-34-32-30-28-26-24-22-20-11)47-45-43-41-39-37-35-33-31-29-27-25-23-21-19-10/h2-4,6-7,10,16-18H,1H2,(H2,11,12,13);5-6,20H,1-4,11H2,(H,12,17)(H,13,14)(H,15,16)(H,18,19);2-6,8H,1H3,(H,10,11);4H,1-3,7H2,(H,11,12)(H4,8,9,10);3-5,7-11H,1-2H2,(H2,12,13,14)/p-5/t4-,6+,7?,10-;5-,6?;8-;;3-,4+,5+,6+,49?/m101.0/s1. The number of nitrogens with two attached hydrogens (primary N) is 3. The molecule has 0 bridgehead atoms. The van der Waals surface area contributed by atoms with Crippen LogP contribution in [0.3, 0.4) is 0 Å². The summed E-state index contributed by atoms with van der Waals surface area (Å²) in [5.41, 5.74) is 23.8. The number of imidazole rings is 1. The number of aliphatic hydroxyl groups is 6. The number of carbonyl (C=O) groups excluding carboxylic acids is 6. The van der Waals surface area contributed by atoms with Crippen molar-refractivity contribution in [2.24, 2.45) is 16.5 Å². The maximum Gasteiger partial charge on any atom is 0.534 e. The molecule has 13 atom stereocenters. The van der Waals surface area contributed by atoms with Gasteiger partial charge in [-0.3, -0.25) is 28.7 Å². The number of nitrogens with zero attached hydrogens (tertiary/aromatic N) is 5. The van der Waals surface area contributed by atoms with Gasteiger partial charge in [-0.1, -0.05) is 39.7 Å². The van der Waals surface area contributed by atoms with Crippen molar-refractivity contribution < 1.29 is 289 Å². The number of aliphatic carboxylic acids is 4. The smallest absolute Gasteiger partial charge is 0.534 e. The van der Waals surface area contributed by atoms with Gasteiger partial charge in [0.05, 0.1) is 57.8 Å². The van der Waals surface area contributed by atoms with E-state index in [-0.39, 0.29) is 30.4 Å². The Morgan fingerprint density at radius 3 is 1.67 bits per heavy atom. The lowest BCUT2D eigenvalue weighted by Gasteiger charge is -2.33. The Morgan fingerprint density at radius 1 is 0.714 bits per heavy atom. The fourth-order valence-corrected chi connectivity index (χ4v) is 8.11. The molecule has 2 aromatic heterocycles. The van der Waals surface area contributed by atoms with Crippen LogP contribution in [0.1, 0.15) is 43.6 Å². The Balaban J connectivity index is 0.000000806. The van der Waals surface area contributed by atoms with E-state index < -0.39 is 151 Å². The number of hydrogen-bond acceptors (Lipinski definition) is 62. The van der Waals surface area contributed by atoms with Crippen molar-refractivity contribution in [1.82, 2.24) is 30.2 Å². The predicted octanol–water partition coefficient (Wildman–Crippen LogP) is -17.3. The molecule has 0 saturated carbocycles. The molecule has 0 spiro atoms. The zero-order valence-electron chi connectivity index (χ0n) is 55.3. The highest BCUT2D eigenvalue weighted by Crippen LogP contribution is 2.51. The van der Waals surface area contributed by atoms with E-state index in [4.69, 9.17) is 41.8 Å². The molecule has 2 aliphatic rings. The Morgan fingerprint density at radius 2 is 1.22 bits per heavy atom. The van der Waals surface area contributed by atoms with Crippen molar-refractivity contribution >= 4 is 86.9 Å². The third-order valence-corrected chi connectivity index (χ3v) is 13.4. The third kappa shape index (κ3) is 43.8. The number of aliphatic imine (C=N–C) groups is 1. The largest absolute Gasteiger partial charge is 0.790 e. The number of phosphoric acid groups is 2. The van der Waals surface area contributed by atoms with E-state index in [9.17, 15) is 98.9 Å². The Hall–Kier alpha value is -7.37. The van der Waals surface area contributed by atoms with Gasteiger partial charge in [-0.15, -0.1) is 0 Å². The number of aromatic nitrogens is 4.